The Morgan fingerprint density at radius 2 is 1.90 bits per heavy atom. The third kappa shape index (κ3) is 6.15. The molecular formula is C12H15NaO7S. The van der Waals surface area contributed by atoms with Gasteiger partial charge in [-0.1, -0.05) is 25.1 Å². The SMILES string of the molecule is CCc1ccccc1OC(=O)C(CC(=O)O)S(=O)(=O)O.[H-].[Na+]. The van der Waals surface area contributed by atoms with Gasteiger partial charge in [0.1, 0.15) is 5.75 Å². The molecule has 2 N–H and O–H groups in total. The van der Waals surface area contributed by atoms with Crippen LogP contribution in [0.5, 0.6) is 5.75 Å². The summed E-state index contributed by atoms with van der Waals surface area (Å²) in [5.74, 6) is -2.72. The molecule has 0 saturated heterocycles. The topological polar surface area (TPSA) is 118 Å². The van der Waals surface area contributed by atoms with Gasteiger partial charge in [-0.25, -0.2) is 0 Å². The standard InChI is InChI=1S/C12H14O7S.Na.H/c1-2-8-5-3-4-6-9(8)19-12(15)10(7-11(13)14)20(16,17)18;;/h3-6,10H,2,7H2,1H3,(H,13,14)(H,16,17,18);;/q;+1;-1. The summed E-state index contributed by atoms with van der Waals surface area (Å²) in [6, 6.07) is 6.44. The van der Waals surface area contributed by atoms with Gasteiger partial charge in [0.2, 0.25) is 0 Å². The molecule has 0 saturated carbocycles. The second-order valence-corrected chi connectivity index (χ2v) is 5.58. The molecular weight excluding hydrogens is 311 g/mol. The zero-order valence-corrected chi connectivity index (χ0v) is 14.5. The summed E-state index contributed by atoms with van der Waals surface area (Å²) in [7, 11) is -4.85. The minimum atomic E-state index is -4.85. The first-order valence-corrected chi connectivity index (χ1v) is 7.23. The molecule has 0 spiro atoms. The molecule has 0 amide bonds. The molecule has 0 fully saturated rings. The van der Waals surface area contributed by atoms with Crippen LogP contribution in [0, 0.1) is 0 Å². The van der Waals surface area contributed by atoms with Crippen LogP contribution in [0.25, 0.3) is 0 Å². The first-order valence-electron chi connectivity index (χ1n) is 5.73. The van der Waals surface area contributed by atoms with Gasteiger partial charge in [-0.3, -0.25) is 14.1 Å². The molecule has 7 nitrogen and oxygen atoms in total. The number of esters is 1. The van der Waals surface area contributed by atoms with Crippen molar-refractivity contribution < 1.29 is 63.4 Å². The van der Waals surface area contributed by atoms with Crippen LogP contribution in [0.1, 0.15) is 20.3 Å². The third-order valence-corrected chi connectivity index (χ3v) is 3.62. The Hall–Kier alpha value is -0.930. The fourth-order valence-corrected chi connectivity index (χ4v) is 2.18. The number of aliphatic carboxylic acids is 1. The van der Waals surface area contributed by atoms with Crippen molar-refractivity contribution in [3.63, 3.8) is 0 Å². The smallest absolute Gasteiger partial charge is 1.00 e. The average Bonchev–Trinajstić information content (AvgIpc) is 2.35. The van der Waals surface area contributed by atoms with Crippen LogP contribution >= 0.6 is 0 Å². The van der Waals surface area contributed by atoms with Crippen molar-refractivity contribution in [2.45, 2.75) is 25.0 Å². The zero-order valence-electron chi connectivity index (χ0n) is 12.6. The summed E-state index contributed by atoms with van der Waals surface area (Å²) in [5.41, 5.74) is 0.658. The summed E-state index contributed by atoms with van der Waals surface area (Å²) < 4.78 is 35.9. The normalized spacial score (nSPS) is 12.1. The second kappa shape index (κ2) is 8.50. The van der Waals surface area contributed by atoms with E-state index in [1.807, 2.05) is 6.92 Å². The number of carbonyl (C=O) groups is 2. The fourth-order valence-electron chi connectivity index (χ4n) is 1.54. The van der Waals surface area contributed by atoms with E-state index in [9.17, 15) is 18.0 Å². The molecule has 0 heterocycles. The van der Waals surface area contributed by atoms with Crippen LogP contribution in [-0.2, 0) is 26.1 Å². The largest absolute Gasteiger partial charge is 1.00 e. The first-order chi connectivity index (χ1) is 9.25. The summed E-state index contributed by atoms with van der Waals surface area (Å²) in [6.07, 6.45) is -0.523. The quantitative estimate of drug-likeness (QED) is 0.269. The average molecular weight is 326 g/mol. The third-order valence-electron chi connectivity index (χ3n) is 2.55. The predicted octanol–water partition coefficient (Wildman–Crippen LogP) is -2.00. The Bertz CT molecular complexity index is 618. The van der Waals surface area contributed by atoms with Crippen LogP contribution in [0.4, 0.5) is 0 Å². The van der Waals surface area contributed by atoms with E-state index in [4.69, 9.17) is 14.4 Å². The maximum Gasteiger partial charge on any atom is 1.00 e. The molecule has 0 aromatic heterocycles. The van der Waals surface area contributed by atoms with Gasteiger partial charge >= 0.3 is 41.5 Å². The minimum Gasteiger partial charge on any atom is -1.00 e. The predicted molar refractivity (Wildman–Crippen MR) is 70.2 cm³/mol. The molecule has 0 aliphatic carbocycles. The molecule has 1 aromatic rings. The van der Waals surface area contributed by atoms with Gasteiger partial charge in [-0.15, -0.1) is 0 Å². The van der Waals surface area contributed by atoms with E-state index in [1.165, 1.54) is 6.07 Å². The molecule has 1 aromatic carbocycles. The van der Waals surface area contributed by atoms with Crippen molar-refractivity contribution in [1.82, 2.24) is 0 Å². The monoisotopic (exact) mass is 326 g/mol. The van der Waals surface area contributed by atoms with E-state index >= 15 is 0 Å². The molecule has 0 radical (unpaired) electrons. The van der Waals surface area contributed by atoms with Crippen molar-refractivity contribution in [2.75, 3.05) is 0 Å². The van der Waals surface area contributed by atoms with Crippen molar-refractivity contribution in [2.24, 2.45) is 0 Å². The molecule has 0 bridgehead atoms. The van der Waals surface area contributed by atoms with E-state index < -0.39 is 33.7 Å². The second-order valence-electron chi connectivity index (χ2n) is 3.98. The molecule has 1 rings (SSSR count). The Morgan fingerprint density at radius 1 is 1.33 bits per heavy atom. The Balaban J connectivity index is 0. The number of carboxylic acids is 1. The number of ether oxygens (including phenoxy) is 1. The van der Waals surface area contributed by atoms with Gasteiger partial charge in [0.25, 0.3) is 10.1 Å². The van der Waals surface area contributed by atoms with Crippen LogP contribution in [-0.4, -0.2) is 35.3 Å². The Morgan fingerprint density at radius 3 is 2.38 bits per heavy atom. The molecule has 21 heavy (non-hydrogen) atoms. The van der Waals surface area contributed by atoms with Gasteiger partial charge in [-0.2, -0.15) is 8.42 Å². The van der Waals surface area contributed by atoms with Crippen molar-refractivity contribution in [3.05, 3.63) is 29.8 Å². The summed E-state index contributed by atoms with van der Waals surface area (Å²) >= 11 is 0. The van der Waals surface area contributed by atoms with Crippen LogP contribution in [0.15, 0.2) is 24.3 Å². The van der Waals surface area contributed by atoms with Gasteiger partial charge < -0.3 is 11.3 Å². The van der Waals surface area contributed by atoms with Gasteiger partial charge in [-0.05, 0) is 18.1 Å². The fraction of sp³-hybridized carbons (Fsp3) is 0.333. The zero-order chi connectivity index (χ0) is 15.3. The number of rotatable bonds is 6. The van der Waals surface area contributed by atoms with E-state index in [1.54, 1.807) is 18.2 Å². The van der Waals surface area contributed by atoms with Crippen LogP contribution in [0.3, 0.4) is 0 Å². The van der Waals surface area contributed by atoms with Crippen molar-refractivity contribution in [3.8, 4) is 5.75 Å². The first kappa shape index (κ1) is 20.1. The van der Waals surface area contributed by atoms with E-state index in [2.05, 4.69) is 0 Å². The van der Waals surface area contributed by atoms with Gasteiger partial charge in [0, 0.05) is 0 Å². The molecule has 1 unspecified atom stereocenters. The van der Waals surface area contributed by atoms with E-state index in [-0.39, 0.29) is 36.7 Å². The number of aryl methyl sites for hydroxylation is 1. The number of hydrogen-bond acceptors (Lipinski definition) is 5. The number of carboxylic acid groups (broad SMARTS) is 1. The summed E-state index contributed by atoms with van der Waals surface area (Å²) in [6.45, 7) is 1.81. The van der Waals surface area contributed by atoms with E-state index in [0.717, 1.165) is 0 Å². The number of carbonyl (C=O) groups excluding carboxylic acids is 1. The molecule has 112 valence electrons. The van der Waals surface area contributed by atoms with Crippen molar-refractivity contribution in [1.29, 1.82) is 0 Å². The van der Waals surface area contributed by atoms with Gasteiger partial charge in [0.05, 0.1) is 6.42 Å². The van der Waals surface area contributed by atoms with Crippen LogP contribution in [0.2, 0.25) is 0 Å². The van der Waals surface area contributed by atoms with Gasteiger partial charge in [0.15, 0.2) is 5.25 Å². The van der Waals surface area contributed by atoms with Crippen molar-refractivity contribution >= 4 is 22.1 Å². The number of para-hydroxylation sites is 1. The number of hydrogen-bond donors (Lipinski definition) is 2. The summed E-state index contributed by atoms with van der Waals surface area (Å²) in [5, 5.41) is 6.43. The Labute approximate surface area is 145 Å². The molecule has 0 aliphatic rings. The Kier molecular flexibility index (Phi) is 8.12. The maximum absolute atomic E-state index is 11.7. The minimum absolute atomic E-state index is 0. The summed E-state index contributed by atoms with van der Waals surface area (Å²) in [4.78, 5) is 22.3. The van der Waals surface area contributed by atoms with E-state index in [0.29, 0.717) is 12.0 Å². The van der Waals surface area contributed by atoms with Crippen LogP contribution < -0.4 is 34.3 Å². The molecule has 9 heteroatoms. The molecule has 0 aliphatic heterocycles. The number of benzene rings is 1. The maximum atomic E-state index is 11.7. The molecule has 1 atom stereocenters.